The maximum absolute atomic E-state index is 15.5. The number of hydrogen-bond acceptors (Lipinski definition) is 8. The molecule has 3 aromatic heterocycles. The van der Waals surface area contributed by atoms with E-state index in [1.165, 1.54) is 43.4 Å². The van der Waals surface area contributed by atoms with Gasteiger partial charge in [0.25, 0.3) is 17.9 Å². The van der Waals surface area contributed by atoms with E-state index in [4.69, 9.17) is 22.3 Å². The third kappa shape index (κ3) is 9.11. The summed E-state index contributed by atoms with van der Waals surface area (Å²) < 4.78 is 149. The molecule has 0 spiro atoms. The molecule has 344 valence electrons. The van der Waals surface area contributed by atoms with Gasteiger partial charge in [0.15, 0.2) is 0 Å². The third-order valence-corrected chi connectivity index (χ3v) is 11.3. The van der Waals surface area contributed by atoms with Gasteiger partial charge in [-0.25, -0.2) is 31.3 Å². The minimum absolute atomic E-state index is 0.00556. The van der Waals surface area contributed by atoms with Gasteiger partial charge in [-0.15, -0.1) is 0 Å². The van der Waals surface area contributed by atoms with Crippen molar-refractivity contribution in [2.24, 2.45) is 16.0 Å². The number of alkyl halides is 8. The number of hydrogen-bond donors (Lipinski definition) is 3. The predicted molar refractivity (Wildman–Crippen MR) is 223 cm³/mol. The van der Waals surface area contributed by atoms with Gasteiger partial charge in [-0.2, -0.15) is 32.2 Å². The number of nitrogens with two attached hydrogens (primary N) is 1. The number of aromatic nitrogens is 6. The SMILES string of the molecule is CNc1c(-n2c(C(Cc3cc(F)cc(F)c3)NC(=O)Cn3nc(C(F)F)c4c3C(F)(F)C(C)C4)nc3cc(-c4ccn(CC(F)(F)C(F)F)n4)ccc3c2=O)ccc(Cl)c1C(N)=NSC. The van der Waals surface area contributed by atoms with Gasteiger partial charge in [0.2, 0.25) is 5.91 Å². The lowest BCUT2D eigenvalue weighted by atomic mass is 10.0. The molecule has 4 N–H and O–H groups in total. The van der Waals surface area contributed by atoms with Gasteiger partial charge in [-0.05, 0) is 66.4 Å². The van der Waals surface area contributed by atoms with Crippen LogP contribution in [0.3, 0.4) is 0 Å². The zero-order chi connectivity index (χ0) is 47.3. The Morgan fingerprint density at radius 3 is 2.42 bits per heavy atom. The number of amides is 1. The second kappa shape index (κ2) is 18.1. The molecular weight excluding hydrogens is 922 g/mol. The lowest BCUT2D eigenvalue weighted by molar-refractivity contribution is -0.139. The number of nitrogens with one attached hydrogen (secondary N) is 2. The van der Waals surface area contributed by atoms with Crippen LogP contribution in [0.25, 0.3) is 27.8 Å². The molecule has 65 heavy (non-hydrogen) atoms. The molecule has 3 heterocycles. The summed E-state index contributed by atoms with van der Waals surface area (Å²) in [6, 6.07) is 8.82. The summed E-state index contributed by atoms with van der Waals surface area (Å²) in [5.41, 5.74) is 3.39. The van der Waals surface area contributed by atoms with Crippen molar-refractivity contribution in [2.45, 2.75) is 63.6 Å². The number of rotatable bonds is 15. The molecule has 7 rings (SSSR count). The molecular formula is C41H35ClF10N10O2S. The Hall–Kier alpha value is -6.10. The Bertz CT molecular complexity index is 2880. The van der Waals surface area contributed by atoms with E-state index in [2.05, 4.69) is 25.2 Å². The van der Waals surface area contributed by atoms with E-state index in [1.807, 2.05) is 0 Å². The number of nitrogens with zero attached hydrogens (tertiary/aromatic N) is 7. The van der Waals surface area contributed by atoms with E-state index in [0.29, 0.717) is 15.4 Å². The van der Waals surface area contributed by atoms with E-state index in [0.717, 1.165) is 41.8 Å². The van der Waals surface area contributed by atoms with Crippen LogP contribution in [-0.4, -0.2) is 66.5 Å². The number of carbonyl (C=O) groups excluding carboxylic acids is 1. The summed E-state index contributed by atoms with van der Waals surface area (Å²) in [5.74, 6) is -13.1. The zero-order valence-electron chi connectivity index (χ0n) is 34.0. The molecule has 0 saturated carbocycles. The van der Waals surface area contributed by atoms with Crippen LogP contribution in [0.4, 0.5) is 49.6 Å². The van der Waals surface area contributed by atoms with Crippen LogP contribution < -0.4 is 21.9 Å². The van der Waals surface area contributed by atoms with Crippen molar-refractivity contribution >= 4 is 51.9 Å². The highest BCUT2D eigenvalue weighted by Gasteiger charge is 2.51. The van der Waals surface area contributed by atoms with Gasteiger partial charge in [-0.1, -0.05) is 24.6 Å². The van der Waals surface area contributed by atoms with Crippen molar-refractivity contribution in [1.29, 1.82) is 0 Å². The summed E-state index contributed by atoms with van der Waals surface area (Å²) in [6.07, 6.45) is -5.58. The summed E-state index contributed by atoms with van der Waals surface area (Å²) in [6.45, 7) is -1.36. The van der Waals surface area contributed by atoms with Crippen LogP contribution in [0, 0.1) is 17.6 Å². The molecule has 0 aliphatic heterocycles. The Balaban J connectivity index is 1.44. The van der Waals surface area contributed by atoms with E-state index in [9.17, 15) is 44.7 Å². The summed E-state index contributed by atoms with van der Waals surface area (Å²) in [4.78, 5) is 33.8. The molecule has 1 aliphatic carbocycles. The second-order valence-electron chi connectivity index (χ2n) is 15.0. The van der Waals surface area contributed by atoms with E-state index < -0.39 is 103 Å². The summed E-state index contributed by atoms with van der Waals surface area (Å²) >= 11 is 7.59. The molecule has 0 bridgehead atoms. The Labute approximate surface area is 371 Å². The predicted octanol–water partition coefficient (Wildman–Crippen LogP) is 8.62. The number of carbonyl (C=O) groups is 1. The number of amidine groups is 1. The first-order valence-electron chi connectivity index (χ1n) is 19.3. The van der Waals surface area contributed by atoms with E-state index in [-0.39, 0.29) is 61.3 Å². The summed E-state index contributed by atoms with van der Waals surface area (Å²) in [7, 11) is 1.47. The Kier molecular flexibility index (Phi) is 13.0. The first-order valence-corrected chi connectivity index (χ1v) is 20.9. The first kappa shape index (κ1) is 46.9. The van der Waals surface area contributed by atoms with Crippen molar-refractivity contribution < 1.29 is 48.7 Å². The fraction of sp³-hybridized carbons (Fsp3) is 0.317. The molecule has 0 saturated heterocycles. The lowest BCUT2D eigenvalue weighted by Crippen LogP contribution is -2.38. The standard InChI is InChI=1S/C41H35ClF10N10O2S/c1-18-10-24-32(35(45)46)58-61(34(24)41(18,51)52)16-30(63)55-28(13-19-11-21(43)15-22(44)12-19)37-56-27-14-20(26-8-9-60(57-26)17-40(49,50)39(47)48)4-5-23(27)38(64)62(37)29-7-6-25(42)31(33(29)54-2)36(53)59-65-3/h4-9,11-12,14-15,18,28,35,39,54H,10,13,16-17H2,1-3H3,(H2,53,59)(H,55,63). The second-order valence-corrected chi connectivity index (χ2v) is 16.0. The summed E-state index contributed by atoms with van der Waals surface area (Å²) in [5, 5.41) is 13.2. The van der Waals surface area contributed by atoms with Crippen molar-refractivity contribution in [3.8, 4) is 16.9 Å². The monoisotopic (exact) mass is 956 g/mol. The maximum Gasteiger partial charge on any atom is 0.326 e. The molecule has 24 heteroatoms. The third-order valence-electron chi connectivity index (χ3n) is 10.6. The lowest BCUT2D eigenvalue weighted by Gasteiger charge is -2.25. The maximum atomic E-state index is 15.5. The fourth-order valence-electron chi connectivity index (χ4n) is 7.71. The van der Waals surface area contributed by atoms with Crippen LogP contribution in [0.1, 0.15) is 53.3 Å². The number of anilines is 1. The van der Waals surface area contributed by atoms with E-state index in [1.54, 1.807) is 6.26 Å². The van der Waals surface area contributed by atoms with Crippen molar-refractivity contribution in [3.05, 3.63) is 122 Å². The normalized spacial score (nSPS) is 15.6. The Morgan fingerprint density at radius 1 is 1.06 bits per heavy atom. The highest BCUT2D eigenvalue weighted by Crippen LogP contribution is 2.48. The minimum Gasteiger partial charge on any atom is -0.386 e. The average Bonchev–Trinajstić information content (AvgIpc) is 3.90. The van der Waals surface area contributed by atoms with Crippen LogP contribution in [-0.2, 0) is 36.6 Å². The molecule has 3 aromatic carbocycles. The smallest absolute Gasteiger partial charge is 0.326 e. The van der Waals surface area contributed by atoms with Gasteiger partial charge >= 0.3 is 12.3 Å². The van der Waals surface area contributed by atoms with Crippen molar-refractivity contribution in [2.75, 3.05) is 18.6 Å². The number of fused-ring (bicyclic) bond motifs is 2. The fourth-order valence-corrected chi connectivity index (χ4v) is 8.26. The van der Waals surface area contributed by atoms with Crippen LogP contribution in [0.5, 0.6) is 0 Å². The van der Waals surface area contributed by atoms with E-state index >= 15 is 8.78 Å². The quantitative estimate of drug-likeness (QED) is 0.0401. The largest absolute Gasteiger partial charge is 0.386 e. The zero-order valence-corrected chi connectivity index (χ0v) is 35.6. The molecule has 0 fully saturated rings. The van der Waals surface area contributed by atoms with Gasteiger partial charge in [0.05, 0.1) is 44.6 Å². The van der Waals surface area contributed by atoms with Crippen molar-refractivity contribution in [1.82, 2.24) is 34.4 Å². The van der Waals surface area contributed by atoms with Gasteiger partial charge in [-0.3, -0.25) is 23.5 Å². The highest BCUT2D eigenvalue weighted by atomic mass is 35.5. The Morgan fingerprint density at radius 2 is 1.77 bits per heavy atom. The van der Waals surface area contributed by atoms with Crippen molar-refractivity contribution in [3.63, 3.8) is 0 Å². The van der Waals surface area contributed by atoms with Gasteiger partial charge in [0, 0.05) is 49.0 Å². The highest BCUT2D eigenvalue weighted by molar-refractivity contribution is 7.97. The van der Waals surface area contributed by atoms with Crippen LogP contribution >= 0.6 is 23.5 Å². The molecule has 12 nitrogen and oxygen atoms in total. The first-order chi connectivity index (χ1) is 30.6. The minimum atomic E-state index is -4.42. The van der Waals surface area contributed by atoms with Crippen LogP contribution in [0.2, 0.25) is 5.02 Å². The molecule has 2 atom stereocenters. The van der Waals surface area contributed by atoms with Gasteiger partial charge < -0.3 is 16.4 Å². The van der Waals surface area contributed by atoms with Gasteiger partial charge in [0.1, 0.15) is 47.8 Å². The number of halogens is 11. The topological polar surface area (TPSA) is 150 Å². The average molecular weight is 957 g/mol. The molecule has 1 amide bonds. The molecule has 1 aliphatic rings. The molecule has 6 aromatic rings. The number of benzene rings is 3. The molecule has 0 radical (unpaired) electrons. The molecule has 2 unspecified atom stereocenters. The van der Waals surface area contributed by atoms with Crippen LogP contribution in [0.15, 0.2) is 70.0 Å².